The van der Waals surface area contributed by atoms with Gasteiger partial charge >= 0.3 is 12.1 Å². The normalized spacial score (nSPS) is 34.4. The van der Waals surface area contributed by atoms with Gasteiger partial charge in [-0.1, -0.05) is 6.92 Å². The molecule has 0 aromatic heterocycles. The molecule has 5 heteroatoms. The fourth-order valence-electron chi connectivity index (χ4n) is 3.21. The molecule has 2 fully saturated rings. The van der Waals surface area contributed by atoms with Crippen LogP contribution in [0.1, 0.15) is 33.1 Å². The van der Waals surface area contributed by atoms with Crippen LogP contribution >= 0.6 is 0 Å². The van der Waals surface area contributed by atoms with Crippen molar-refractivity contribution in [3.63, 3.8) is 0 Å². The first-order valence-corrected chi connectivity index (χ1v) is 6.51. The van der Waals surface area contributed by atoms with Gasteiger partial charge in [-0.05, 0) is 43.4 Å². The first-order chi connectivity index (χ1) is 8.50. The maximum absolute atomic E-state index is 11.9. The Balaban J connectivity index is 2.00. The molecule has 1 amide bonds. The van der Waals surface area contributed by atoms with Gasteiger partial charge in [0.1, 0.15) is 6.04 Å². The topological polar surface area (TPSA) is 64.6 Å². The Morgan fingerprint density at radius 1 is 1.44 bits per heavy atom. The molecule has 0 heterocycles. The van der Waals surface area contributed by atoms with Crippen molar-refractivity contribution in [1.82, 2.24) is 5.32 Å². The molecule has 2 unspecified atom stereocenters. The van der Waals surface area contributed by atoms with Crippen LogP contribution in [0.5, 0.6) is 0 Å². The number of ether oxygens (including phenoxy) is 2. The maximum Gasteiger partial charge on any atom is 0.407 e. The monoisotopic (exact) mass is 255 g/mol. The molecule has 0 aromatic carbocycles. The molecule has 4 atom stereocenters. The van der Waals surface area contributed by atoms with Gasteiger partial charge in [-0.15, -0.1) is 0 Å². The minimum atomic E-state index is -0.571. The Hall–Kier alpha value is -1.26. The molecule has 0 radical (unpaired) electrons. The van der Waals surface area contributed by atoms with Gasteiger partial charge in [0.05, 0.1) is 13.7 Å². The summed E-state index contributed by atoms with van der Waals surface area (Å²) in [6, 6.07) is -0.568. The molecule has 2 aliphatic carbocycles. The molecular weight excluding hydrogens is 234 g/mol. The van der Waals surface area contributed by atoms with E-state index in [0.717, 1.165) is 12.8 Å². The van der Waals surface area contributed by atoms with Crippen LogP contribution in [0.2, 0.25) is 0 Å². The Morgan fingerprint density at radius 3 is 2.67 bits per heavy atom. The van der Waals surface area contributed by atoms with Crippen LogP contribution in [0.3, 0.4) is 0 Å². The average molecular weight is 255 g/mol. The van der Waals surface area contributed by atoms with Crippen LogP contribution in [-0.2, 0) is 14.3 Å². The van der Waals surface area contributed by atoms with Crippen LogP contribution in [0, 0.1) is 17.3 Å². The molecular formula is C13H21NO4. The summed E-state index contributed by atoms with van der Waals surface area (Å²) in [5.74, 6) is 0.531. The Kier molecular flexibility index (Phi) is 3.50. The van der Waals surface area contributed by atoms with Crippen LogP contribution in [0.4, 0.5) is 4.79 Å². The van der Waals surface area contributed by atoms with Crippen molar-refractivity contribution in [1.29, 1.82) is 0 Å². The van der Waals surface area contributed by atoms with E-state index >= 15 is 0 Å². The molecule has 0 aliphatic heterocycles. The van der Waals surface area contributed by atoms with Crippen molar-refractivity contribution in [3.8, 4) is 0 Å². The number of methoxy groups -OCH3 is 1. The van der Waals surface area contributed by atoms with Crippen LogP contribution in [0.15, 0.2) is 0 Å². The predicted octanol–water partition coefficient (Wildman–Crippen LogP) is 1.71. The fourth-order valence-corrected chi connectivity index (χ4v) is 3.21. The van der Waals surface area contributed by atoms with E-state index in [1.165, 1.54) is 13.5 Å². The second-order valence-corrected chi connectivity index (χ2v) is 5.62. The number of hydrogen-bond donors (Lipinski definition) is 1. The molecule has 2 aliphatic rings. The van der Waals surface area contributed by atoms with Crippen molar-refractivity contribution < 1.29 is 19.1 Å². The third-order valence-electron chi connectivity index (χ3n) is 4.32. The van der Waals surface area contributed by atoms with Gasteiger partial charge in [-0.2, -0.15) is 0 Å². The van der Waals surface area contributed by atoms with Crippen LogP contribution in [-0.4, -0.2) is 31.8 Å². The maximum atomic E-state index is 11.9. The molecule has 0 aromatic rings. The second-order valence-electron chi connectivity index (χ2n) is 5.62. The fraction of sp³-hybridized carbons (Fsp3) is 0.846. The largest absolute Gasteiger partial charge is 0.464 e. The summed E-state index contributed by atoms with van der Waals surface area (Å²) < 4.78 is 9.61. The zero-order chi connectivity index (χ0) is 13.3. The van der Waals surface area contributed by atoms with Gasteiger partial charge in [-0.3, -0.25) is 0 Å². The van der Waals surface area contributed by atoms with Crippen molar-refractivity contribution >= 4 is 12.1 Å². The number of amides is 1. The van der Waals surface area contributed by atoms with E-state index < -0.39 is 12.1 Å². The van der Waals surface area contributed by atoms with Gasteiger partial charge in [0.25, 0.3) is 0 Å². The highest BCUT2D eigenvalue weighted by Gasteiger charge is 2.58. The summed E-state index contributed by atoms with van der Waals surface area (Å²) in [5, 5.41) is 2.62. The highest BCUT2D eigenvalue weighted by Crippen LogP contribution is 2.65. The summed E-state index contributed by atoms with van der Waals surface area (Å²) in [7, 11) is 1.30. The highest BCUT2D eigenvalue weighted by molar-refractivity contribution is 5.81. The molecule has 2 saturated carbocycles. The average Bonchev–Trinajstić information content (AvgIpc) is 2.84. The quantitative estimate of drug-likeness (QED) is 0.777. The van der Waals surface area contributed by atoms with Gasteiger partial charge < -0.3 is 14.8 Å². The third kappa shape index (κ3) is 2.44. The highest BCUT2D eigenvalue weighted by atomic mass is 16.5. The predicted molar refractivity (Wildman–Crippen MR) is 64.9 cm³/mol. The molecule has 0 spiro atoms. The number of fused-ring (bicyclic) bond motifs is 1. The van der Waals surface area contributed by atoms with E-state index in [1.807, 2.05) is 0 Å². The van der Waals surface area contributed by atoms with E-state index in [1.54, 1.807) is 6.92 Å². The summed E-state index contributed by atoms with van der Waals surface area (Å²) in [4.78, 5) is 23.2. The molecule has 5 nitrogen and oxygen atoms in total. The number of esters is 1. The number of rotatable bonds is 4. The smallest absolute Gasteiger partial charge is 0.407 e. The van der Waals surface area contributed by atoms with Gasteiger partial charge in [0, 0.05) is 0 Å². The number of carbonyl (C=O) groups is 2. The summed E-state index contributed by atoms with van der Waals surface area (Å²) in [5.41, 5.74) is 0.382. The Labute approximate surface area is 107 Å². The van der Waals surface area contributed by atoms with Gasteiger partial charge in [-0.25, -0.2) is 9.59 Å². The second kappa shape index (κ2) is 4.78. The minimum Gasteiger partial charge on any atom is -0.464 e. The van der Waals surface area contributed by atoms with Crippen molar-refractivity contribution in [2.75, 3.05) is 13.7 Å². The third-order valence-corrected chi connectivity index (χ3v) is 4.32. The van der Waals surface area contributed by atoms with Crippen molar-refractivity contribution in [2.45, 2.75) is 39.2 Å². The number of alkyl carbamates (subject to hydrolysis) is 1. The van der Waals surface area contributed by atoms with E-state index in [9.17, 15) is 9.59 Å². The molecule has 102 valence electrons. The number of hydrogen-bond acceptors (Lipinski definition) is 4. The van der Waals surface area contributed by atoms with Crippen LogP contribution in [0.25, 0.3) is 0 Å². The molecule has 1 N–H and O–H groups in total. The first-order valence-electron chi connectivity index (χ1n) is 6.51. The summed E-state index contributed by atoms with van der Waals surface area (Å²) in [6.07, 6.45) is 2.64. The van der Waals surface area contributed by atoms with Crippen LogP contribution < -0.4 is 5.32 Å². The Bertz CT molecular complexity index is 357. The zero-order valence-corrected chi connectivity index (χ0v) is 11.2. The minimum absolute atomic E-state index is 0.173. The number of nitrogens with one attached hydrogen (secondary N) is 1. The lowest BCUT2D eigenvalue weighted by molar-refractivity contribution is -0.147. The van der Waals surface area contributed by atoms with Gasteiger partial charge in [0.2, 0.25) is 0 Å². The lowest BCUT2D eigenvalue weighted by atomic mass is 9.92. The first kappa shape index (κ1) is 13.2. The van der Waals surface area contributed by atoms with Crippen molar-refractivity contribution in [3.05, 3.63) is 0 Å². The molecule has 2 rings (SSSR count). The lowest BCUT2D eigenvalue weighted by Gasteiger charge is -2.24. The zero-order valence-electron chi connectivity index (χ0n) is 11.2. The summed E-state index contributed by atoms with van der Waals surface area (Å²) in [6.45, 7) is 4.34. The molecule has 18 heavy (non-hydrogen) atoms. The van der Waals surface area contributed by atoms with E-state index in [2.05, 4.69) is 17.0 Å². The van der Waals surface area contributed by atoms with E-state index in [0.29, 0.717) is 17.9 Å². The van der Waals surface area contributed by atoms with Gasteiger partial charge in [0.15, 0.2) is 0 Å². The standard InChI is InChI=1S/C13H21NO4/c1-4-18-11(15)10(14-12(16)17-3)8-5-9-7-13(9,2)6-8/h8-10H,4-7H2,1-3H3,(H,14,16)/t8-,9-,10?,13?/m1/s1. The molecule has 0 saturated heterocycles. The summed E-state index contributed by atoms with van der Waals surface area (Å²) >= 11 is 0. The van der Waals surface area contributed by atoms with E-state index in [4.69, 9.17) is 4.74 Å². The van der Waals surface area contributed by atoms with E-state index in [-0.39, 0.29) is 11.9 Å². The van der Waals surface area contributed by atoms with Crippen molar-refractivity contribution in [2.24, 2.45) is 17.3 Å². The lowest BCUT2D eigenvalue weighted by Crippen LogP contribution is -2.46. The molecule has 0 bridgehead atoms. The Morgan fingerprint density at radius 2 is 2.17 bits per heavy atom. The SMILES string of the molecule is CCOC(=O)C(NC(=O)OC)[C@@H]1C[C@@H]2CC2(C)C1. The number of carbonyl (C=O) groups excluding carboxylic acids is 2.